The predicted molar refractivity (Wildman–Crippen MR) is 92.4 cm³/mol. The molecule has 0 spiro atoms. The molecule has 1 saturated carbocycles. The first kappa shape index (κ1) is 17.5. The fourth-order valence-corrected chi connectivity index (χ4v) is 3.48. The molecule has 1 heterocycles. The number of nitrogens with one attached hydrogen (secondary N) is 2. The highest BCUT2D eigenvalue weighted by Gasteiger charge is 2.23. The van der Waals surface area contributed by atoms with Crippen molar-refractivity contribution in [2.75, 3.05) is 32.8 Å². The molecular weight excluding hydrogens is 276 g/mol. The quantitative estimate of drug-likeness (QED) is 0.602. The molecule has 128 valence electrons. The molecule has 2 N–H and O–H groups in total. The van der Waals surface area contributed by atoms with Gasteiger partial charge in [-0.25, -0.2) is 0 Å². The molecule has 0 aromatic carbocycles. The molecule has 2 aliphatic rings. The van der Waals surface area contributed by atoms with Crippen molar-refractivity contribution in [2.24, 2.45) is 4.99 Å². The van der Waals surface area contributed by atoms with Crippen LogP contribution in [-0.2, 0) is 4.74 Å². The molecule has 5 heteroatoms. The van der Waals surface area contributed by atoms with Gasteiger partial charge in [-0.2, -0.15) is 0 Å². The Hall–Kier alpha value is -0.810. The van der Waals surface area contributed by atoms with Gasteiger partial charge in [0.1, 0.15) is 0 Å². The first-order valence-electron chi connectivity index (χ1n) is 9.09. The van der Waals surface area contributed by atoms with E-state index in [4.69, 9.17) is 9.73 Å². The zero-order valence-corrected chi connectivity index (χ0v) is 14.6. The van der Waals surface area contributed by atoms with E-state index >= 15 is 0 Å². The van der Waals surface area contributed by atoms with Crippen molar-refractivity contribution in [3.05, 3.63) is 0 Å². The Balaban J connectivity index is 1.85. The van der Waals surface area contributed by atoms with Crippen LogP contribution >= 0.6 is 0 Å². The second-order valence-electron chi connectivity index (χ2n) is 6.71. The minimum Gasteiger partial charge on any atom is -0.379 e. The standard InChI is InChI=1S/C17H34N4O/c1-4-18-17(20-16-8-6-5-7-9-16)19-12-14(2)21-10-11-22-13-15(21)3/h14-16H,4-13H2,1-3H3,(H2,18,19,20). The lowest BCUT2D eigenvalue weighted by atomic mass is 9.96. The fraction of sp³-hybridized carbons (Fsp3) is 0.941. The van der Waals surface area contributed by atoms with E-state index in [2.05, 4.69) is 36.3 Å². The molecule has 2 atom stereocenters. The normalized spacial score (nSPS) is 26.7. The third-order valence-electron chi connectivity index (χ3n) is 4.79. The maximum absolute atomic E-state index is 5.52. The molecule has 0 aromatic rings. The molecule has 1 aliphatic carbocycles. The van der Waals surface area contributed by atoms with Crippen molar-refractivity contribution in [2.45, 2.75) is 71.0 Å². The lowest BCUT2D eigenvalue weighted by Crippen LogP contribution is -2.50. The molecule has 1 aliphatic heterocycles. The summed E-state index contributed by atoms with van der Waals surface area (Å²) in [5.74, 6) is 0.988. The highest BCUT2D eigenvalue weighted by molar-refractivity contribution is 5.80. The van der Waals surface area contributed by atoms with E-state index < -0.39 is 0 Å². The third kappa shape index (κ3) is 5.43. The van der Waals surface area contributed by atoms with Gasteiger partial charge in [0.15, 0.2) is 5.96 Å². The van der Waals surface area contributed by atoms with E-state index in [9.17, 15) is 0 Å². The van der Waals surface area contributed by atoms with Crippen LogP contribution in [0.3, 0.4) is 0 Å². The van der Waals surface area contributed by atoms with Crippen LogP contribution in [0.4, 0.5) is 0 Å². The number of aliphatic imine (C=N–C) groups is 1. The summed E-state index contributed by atoms with van der Waals surface area (Å²) in [4.78, 5) is 7.34. The number of rotatable bonds is 5. The summed E-state index contributed by atoms with van der Waals surface area (Å²) in [5, 5.41) is 7.02. The van der Waals surface area contributed by atoms with Crippen molar-refractivity contribution in [1.82, 2.24) is 15.5 Å². The lowest BCUT2D eigenvalue weighted by molar-refractivity contribution is -0.0165. The lowest BCUT2D eigenvalue weighted by Gasteiger charge is -2.37. The Kier molecular flexibility index (Phi) is 7.46. The molecule has 0 radical (unpaired) electrons. The predicted octanol–water partition coefficient (Wildman–Crippen LogP) is 1.98. The monoisotopic (exact) mass is 310 g/mol. The van der Waals surface area contributed by atoms with Gasteiger partial charge in [-0.1, -0.05) is 19.3 Å². The zero-order valence-electron chi connectivity index (χ0n) is 14.6. The first-order chi connectivity index (χ1) is 10.7. The van der Waals surface area contributed by atoms with Crippen LogP contribution in [0, 0.1) is 0 Å². The van der Waals surface area contributed by atoms with Crippen molar-refractivity contribution in [3.63, 3.8) is 0 Å². The van der Waals surface area contributed by atoms with E-state index in [1.807, 2.05) is 0 Å². The zero-order chi connectivity index (χ0) is 15.8. The highest BCUT2D eigenvalue weighted by Crippen LogP contribution is 2.17. The Bertz CT molecular complexity index is 342. The van der Waals surface area contributed by atoms with Gasteiger partial charge in [-0.15, -0.1) is 0 Å². The smallest absolute Gasteiger partial charge is 0.191 e. The summed E-state index contributed by atoms with van der Waals surface area (Å²) < 4.78 is 5.52. The number of ether oxygens (including phenoxy) is 1. The minimum atomic E-state index is 0.459. The minimum absolute atomic E-state index is 0.459. The van der Waals surface area contributed by atoms with E-state index in [1.54, 1.807) is 0 Å². The van der Waals surface area contributed by atoms with Crippen molar-refractivity contribution in [3.8, 4) is 0 Å². The van der Waals surface area contributed by atoms with Crippen LogP contribution in [0.25, 0.3) is 0 Å². The van der Waals surface area contributed by atoms with Crippen LogP contribution in [0.2, 0.25) is 0 Å². The van der Waals surface area contributed by atoms with E-state index in [-0.39, 0.29) is 0 Å². The van der Waals surface area contributed by atoms with Crippen LogP contribution in [-0.4, -0.2) is 61.8 Å². The van der Waals surface area contributed by atoms with Crippen molar-refractivity contribution >= 4 is 5.96 Å². The molecule has 22 heavy (non-hydrogen) atoms. The number of morpholine rings is 1. The first-order valence-corrected chi connectivity index (χ1v) is 9.09. The van der Waals surface area contributed by atoms with Gasteiger partial charge in [-0.05, 0) is 33.6 Å². The molecule has 0 bridgehead atoms. The van der Waals surface area contributed by atoms with Gasteiger partial charge >= 0.3 is 0 Å². The van der Waals surface area contributed by atoms with Crippen LogP contribution in [0.1, 0.15) is 52.9 Å². The summed E-state index contributed by atoms with van der Waals surface area (Å²) >= 11 is 0. The molecule has 2 unspecified atom stereocenters. The molecule has 0 amide bonds. The largest absolute Gasteiger partial charge is 0.379 e. The summed E-state index contributed by atoms with van der Waals surface area (Å²) in [5.41, 5.74) is 0. The maximum atomic E-state index is 5.52. The van der Waals surface area contributed by atoms with Crippen LogP contribution in [0.15, 0.2) is 4.99 Å². The molecule has 5 nitrogen and oxygen atoms in total. The van der Waals surface area contributed by atoms with Gasteiger partial charge in [0.05, 0.1) is 19.8 Å². The maximum Gasteiger partial charge on any atom is 0.191 e. The molecule has 1 saturated heterocycles. The average molecular weight is 310 g/mol. The molecule has 2 rings (SSSR count). The van der Waals surface area contributed by atoms with Crippen molar-refractivity contribution in [1.29, 1.82) is 0 Å². The van der Waals surface area contributed by atoms with Crippen LogP contribution in [0.5, 0.6) is 0 Å². The van der Waals surface area contributed by atoms with Gasteiger partial charge in [0.25, 0.3) is 0 Å². The Morgan fingerprint density at radius 2 is 2.09 bits per heavy atom. The van der Waals surface area contributed by atoms with Gasteiger partial charge < -0.3 is 15.4 Å². The topological polar surface area (TPSA) is 48.9 Å². The van der Waals surface area contributed by atoms with Gasteiger partial charge in [-0.3, -0.25) is 9.89 Å². The SMILES string of the molecule is CCNC(=NCC(C)N1CCOCC1C)NC1CCCCC1. The number of hydrogen-bond acceptors (Lipinski definition) is 3. The Morgan fingerprint density at radius 1 is 1.32 bits per heavy atom. The summed E-state index contributed by atoms with van der Waals surface area (Å²) in [6.07, 6.45) is 6.64. The second kappa shape index (κ2) is 9.36. The van der Waals surface area contributed by atoms with E-state index in [1.165, 1.54) is 32.1 Å². The third-order valence-corrected chi connectivity index (χ3v) is 4.79. The highest BCUT2D eigenvalue weighted by atomic mass is 16.5. The van der Waals surface area contributed by atoms with Crippen molar-refractivity contribution < 1.29 is 4.74 Å². The van der Waals surface area contributed by atoms with E-state index in [0.29, 0.717) is 18.1 Å². The van der Waals surface area contributed by atoms with Gasteiger partial charge in [0.2, 0.25) is 0 Å². The number of nitrogens with zero attached hydrogens (tertiary/aromatic N) is 2. The Labute approximate surface area is 135 Å². The molecular formula is C17H34N4O. The molecule has 0 aromatic heterocycles. The van der Waals surface area contributed by atoms with E-state index in [0.717, 1.165) is 38.8 Å². The number of guanidine groups is 1. The fourth-order valence-electron chi connectivity index (χ4n) is 3.48. The number of hydrogen-bond donors (Lipinski definition) is 2. The van der Waals surface area contributed by atoms with Gasteiger partial charge in [0, 0.05) is 31.2 Å². The molecule has 2 fully saturated rings. The summed E-state index contributed by atoms with van der Waals surface area (Å²) in [7, 11) is 0. The summed E-state index contributed by atoms with van der Waals surface area (Å²) in [6.45, 7) is 11.1. The van der Waals surface area contributed by atoms with Crippen LogP contribution < -0.4 is 10.6 Å². The Morgan fingerprint density at radius 3 is 2.77 bits per heavy atom. The second-order valence-corrected chi connectivity index (χ2v) is 6.71. The summed E-state index contributed by atoms with van der Waals surface area (Å²) in [6, 6.07) is 1.55. The average Bonchev–Trinajstić information content (AvgIpc) is 2.54.